The van der Waals surface area contributed by atoms with Gasteiger partial charge in [0.25, 0.3) is 0 Å². The topological polar surface area (TPSA) is 124 Å². The summed E-state index contributed by atoms with van der Waals surface area (Å²) in [5.41, 5.74) is 5.41. The molecule has 5 aromatic rings. The molecule has 0 radical (unpaired) electrons. The van der Waals surface area contributed by atoms with E-state index >= 15 is 0 Å². The van der Waals surface area contributed by atoms with Crippen LogP contribution in [-0.2, 0) is 0 Å². The van der Waals surface area contributed by atoms with Crippen LogP contribution in [0.1, 0.15) is 86.4 Å². The minimum Gasteiger partial charge on any atom is -0.508 e. The second kappa shape index (κ2) is 20.3. The number of ketones is 5. The number of methoxy groups -OCH3 is 2. The summed E-state index contributed by atoms with van der Waals surface area (Å²) >= 11 is 0. The fourth-order valence-electron chi connectivity index (χ4n) is 4.16. The molecule has 0 saturated heterocycles. The number of benzene rings is 5. The summed E-state index contributed by atoms with van der Waals surface area (Å²) in [7, 11) is 3.34. The van der Waals surface area contributed by atoms with E-state index in [0.29, 0.717) is 27.8 Å². The molecule has 0 fully saturated rings. The number of carbonyl (C=O) groups is 5. The molecule has 0 bridgehead atoms. The SMILES string of the molecule is CC(=O)c1ccc(C(C)=O)cc1.CC(=O)c1ccc(O)cc1.CC(=O)c1cccc(C(C)=O)c1.COc1ccc(-c2ccc(OC)cc2)cc1. The molecule has 0 aliphatic heterocycles. The molecule has 8 heteroatoms. The van der Waals surface area contributed by atoms with Crippen molar-refractivity contribution in [3.8, 4) is 28.4 Å². The van der Waals surface area contributed by atoms with Gasteiger partial charge in [0.15, 0.2) is 28.9 Å². The lowest BCUT2D eigenvalue weighted by molar-refractivity contribution is 0.100. The Balaban J connectivity index is 0.000000235. The van der Waals surface area contributed by atoms with E-state index in [2.05, 4.69) is 0 Å². The Morgan fingerprint density at radius 3 is 0.940 bits per heavy atom. The van der Waals surface area contributed by atoms with E-state index < -0.39 is 0 Å². The van der Waals surface area contributed by atoms with Crippen LogP contribution in [0.2, 0.25) is 0 Å². The van der Waals surface area contributed by atoms with Crippen LogP contribution < -0.4 is 9.47 Å². The average Bonchev–Trinajstić information content (AvgIpc) is 3.12. The molecule has 50 heavy (non-hydrogen) atoms. The van der Waals surface area contributed by atoms with Gasteiger partial charge < -0.3 is 14.6 Å². The van der Waals surface area contributed by atoms with Crippen molar-refractivity contribution in [3.05, 3.63) is 149 Å². The first kappa shape index (κ1) is 40.0. The first-order valence-electron chi connectivity index (χ1n) is 15.6. The minimum atomic E-state index is -0.0156. The molecular formula is C42H42O8. The zero-order chi connectivity index (χ0) is 37.2. The quantitative estimate of drug-likeness (QED) is 0.162. The number of hydrogen-bond acceptors (Lipinski definition) is 8. The zero-order valence-electron chi connectivity index (χ0n) is 29.4. The summed E-state index contributed by atoms with van der Waals surface area (Å²) in [6.45, 7) is 7.47. The lowest BCUT2D eigenvalue weighted by Crippen LogP contribution is -1.96. The predicted octanol–water partition coefficient (Wildman–Crippen LogP) is 9.15. The highest BCUT2D eigenvalue weighted by Gasteiger charge is 2.03. The molecule has 0 heterocycles. The van der Waals surface area contributed by atoms with Crippen molar-refractivity contribution >= 4 is 28.9 Å². The Labute approximate surface area is 293 Å². The standard InChI is InChI=1S/C14H14O2.2C10H10O2.C8H8O2/c1-15-13-7-3-11(4-8-13)12-5-9-14(16-2)10-6-12;1-7(11)9-3-5-10(6-4-9)8(2)12;1-7(11)9-4-3-5-10(6-9)8(2)12;1-6(9)7-2-4-8(10)5-3-7/h3-10H,1-2H3;2*3-6H,1-2H3;2-5,10H,1H3. The fraction of sp³-hybridized carbons (Fsp3) is 0.167. The molecule has 0 atom stereocenters. The molecule has 5 aromatic carbocycles. The summed E-state index contributed by atoms with van der Waals surface area (Å²) in [6.07, 6.45) is 0. The Hall–Kier alpha value is -6.15. The van der Waals surface area contributed by atoms with Crippen molar-refractivity contribution in [3.63, 3.8) is 0 Å². The van der Waals surface area contributed by atoms with E-state index in [1.54, 1.807) is 74.9 Å². The van der Waals surface area contributed by atoms with Gasteiger partial charge >= 0.3 is 0 Å². The van der Waals surface area contributed by atoms with Gasteiger partial charge in [0.1, 0.15) is 17.2 Å². The number of carbonyl (C=O) groups excluding carboxylic acids is 5. The van der Waals surface area contributed by atoms with Crippen molar-refractivity contribution in [2.45, 2.75) is 34.6 Å². The average molecular weight is 675 g/mol. The van der Waals surface area contributed by atoms with Crippen molar-refractivity contribution in [2.75, 3.05) is 14.2 Å². The van der Waals surface area contributed by atoms with E-state index in [-0.39, 0.29) is 34.7 Å². The molecule has 0 aliphatic rings. The maximum absolute atomic E-state index is 10.9. The summed E-state index contributed by atoms with van der Waals surface area (Å²) < 4.78 is 10.2. The Morgan fingerprint density at radius 2 is 0.680 bits per heavy atom. The van der Waals surface area contributed by atoms with Crippen LogP contribution in [0.3, 0.4) is 0 Å². The van der Waals surface area contributed by atoms with Gasteiger partial charge in [0, 0.05) is 27.8 Å². The number of rotatable bonds is 8. The molecule has 5 rings (SSSR count). The van der Waals surface area contributed by atoms with Crippen molar-refractivity contribution < 1.29 is 38.6 Å². The number of Topliss-reactive ketones (excluding diaryl/α,β-unsaturated/α-hetero) is 5. The van der Waals surface area contributed by atoms with Crippen LogP contribution in [0.25, 0.3) is 11.1 Å². The van der Waals surface area contributed by atoms with Crippen molar-refractivity contribution in [1.82, 2.24) is 0 Å². The van der Waals surface area contributed by atoms with Crippen molar-refractivity contribution in [2.24, 2.45) is 0 Å². The van der Waals surface area contributed by atoms with E-state index in [0.717, 1.165) is 11.5 Å². The van der Waals surface area contributed by atoms with Gasteiger partial charge in [-0.3, -0.25) is 24.0 Å². The first-order chi connectivity index (χ1) is 23.7. The fourth-order valence-corrected chi connectivity index (χ4v) is 4.16. The van der Waals surface area contributed by atoms with Gasteiger partial charge in [-0.2, -0.15) is 0 Å². The molecule has 1 N–H and O–H groups in total. The van der Waals surface area contributed by atoms with Crippen LogP contribution in [0.5, 0.6) is 17.2 Å². The Kier molecular flexibility index (Phi) is 16.2. The van der Waals surface area contributed by atoms with E-state index in [1.165, 1.54) is 57.9 Å². The molecule has 0 amide bonds. The van der Waals surface area contributed by atoms with Gasteiger partial charge in [0.2, 0.25) is 0 Å². The number of hydrogen-bond donors (Lipinski definition) is 1. The van der Waals surface area contributed by atoms with Crippen LogP contribution in [0, 0.1) is 0 Å². The summed E-state index contributed by atoms with van der Waals surface area (Å²) in [6, 6.07) is 35.6. The summed E-state index contributed by atoms with van der Waals surface area (Å²) in [5, 5.41) is 8.83. The summed E-state index contributed by atoms with van der Waals surface area (Å²) in [5.74, 6) is 1.95. The van der Waals surface area contributed by atoms with Crippen LogP contribution in [0.4, 0.5) is 0 Å². The third-order valence-electron chi connectivity index (χ3n) is 7.16. The van der Waals surface area contributed by atoms with E-state index in [1.807, 2.05) is 48.5 Å². The summed E-state index contributed by atoms with van der Waals surface area (Å²) in [4.78, 5) is 54.2. The van der Waals surface area contributed by atoms with Crippen LogP contribution in [-0.4, -0.2) is 48.2 Å². The highest BCUT2D eigenvalue weighted by molar-refractivity contribution is 5.99. The highest BCUT2D eigenvalue weighted by atomic mass is 16.5. The van der Waals surface area contributed by atoms with Gasteiger partial charge in [-0.25, -0.2) is 0 Å². The molecule has 258 valence electrons. The lowest BCUT2D eigenvalue weighted by Gasteiger charge is -2.05. The molecule has 0 saturated carbocycles. The number of aromatic hydroxyl groups is 1. The molecule has 8 nitrogen and oxygen atoms in total. The molecule has 0 aromatic heterocycles. The van der Waals surface area contributed by atoms with Crippen LogP contribution in [0.15, 0.2) is 121 Å². The molecule has 0 spiro atoms. The second-order valence-corrected chi connectivity index (χ2v) is 10.9. The van der Waals surface area contributed by atoms with E-state index in [9.17, 15) is 24.0 Å². The molecular weight excluding hydrogens is 632 g/mol. The lowest BCUT2D eigenvalue weighted by atomic mass is 10.1. The van der Waals surface area contributed by atoms with Crippen molar-refractivity contribution in [1.29, 1.82) is 0 Å². The van der Waals surface area contributed by atoms with Gasteiger partial charge in [-0.15, -0.1) is 0 Å². The maximum Gasteiger partial charge on any atom is 0.159 e. The smallest absolute Gasteiger partial charge is 0.159 e. The second-order valence-electron chi connectivity index (χ2n) is 10.9. The maximum atomic E-state index is 10.9. The number of phenolic OH excluding ortho intramolecular Hbond substituents is 1. The molecule has 0 unspecified atom stereocenters. The normalized spacial score (nSPS) is 9.58. The molecule has 0 aliphatic carbocycles. The highest BCUT2D eigenvalue weighted by Crippen LogP contribution is 2.24. The Bertz CT molecular complexity index is 1760. The third kappa shape index (κ3) is 13.5. The number of ether oxygens (including phenoxy) is 2. The first-order valence-corrected chi connectivity index (χ1v) is 15.6. The zero-order valence-corrected chi connectivity index (χ0v) is 29.4. The van der Waals surface area contributed by atoms with E-state index in [4.69, 9.17) is 14.6 Å². The third-order valence-corrected chi connectivity index (χ3v) is 7.16. The minimum absolute atomic E-state index is 0.0139. The van der Waals surface area contributed by atoms with Gasteiger partial charge in [-0.1, -0.05) is 66.7 Å². The largest absolute Gasteiger partial charge is 0.508 e. The monoisotopic (exact) mass is 674 g/mol. The van der Waals surface area contributed by atoms with Crippen LogP contribution >= 0.6 is 0 Å². The van der Waals surface area contributed by atoms with Gasteiger partial charge in [-0.05, 0) is 100 Å². The number of phenols is 1. The van der Waals surface area contributed by atoms with Gasteiger partial charge in [0.05, 0.1) is 14.2 Å². The predicted molar refractivity (Wildman–Crippen MR) is 196 cm³/mol. The Morgan fingerprint density at radius 1 is 0.400 bits per heavy atom.